The summed E-state index contributed by atoms with van der Waals surface area (Å²) in [6, 6.07) is -0.415. The van der Waals surface area contributed by atoms with Crippen LogP contribution in [-0.4, -0.2) is 44.4 Å². The van der Waals surface area contributed by atoms with Crippen LogP contribution in [0, 0.1) is 11.3 Å². The molecule has 0 aromatic carbocycles. The number of halogens is 3. The summed E-state index contributed by atoms with van der Waals surface area (Å²) < 4.78 is 44.9. The van der Waals surface area contributed by atoms with Gasteiger partial charge in [0.15, 0.2) is 5.41 Å². The fourth-order valence-electron chi connectivity index (χ4n) is 2.21. The molecule has 1 aliphatic heterocycles. The normalized spacial score (nSPS) is 24.9. The molecule has 0 aromatic heterocycles. The van der Waals surface area contributed by atoms with E-state index in [-0.39, 0.29) is 32.0 Å². The van der Waals surface area contributed by atoms with Crippen molar-refractivity contribution < 1.29 is 22.7 Å². The fourth-order valence-corrected chi connectivity index (χ4v) is 2.21. The summed E-state index contributed by atoms with van der Waals surface area (Å²) in [5.41, 5.74) is -2.31. The molecule has 0 radical (unpaired) electrons. The first-order valence-electron chi connectivity index (χ1n) is 6.90. The number of carbonyl (C=O) groups excluding carboxylic acids is 1. The van der Waals surface area contributed by atoms with Crippen LogP contribution in [-0.2, 0) is 9.53 Å². The van der Waals surface area contributed by atoms with Crippen molar-refractivity contribution in [2.24, 2.45) is 11.3 Å². The Bertz CT molecular complexity index is 326. The molecule has 1 aliphatic rings. The van der Waals surface area contributed by atoms with Gasteiger partial charge in [-0.15, -0.1) is 0 Å². The molecule has 7 heteroatoms. The quantitative estimate of drug-likeness (QED) is 0.784. The van der Waals surface area contributed by atoms with E-state index in [1.54, 1.807) is 6.92 Å². The minimum atomic E-state index is -4.55. The molecule has 1 heterocycles. The molecule has 1 fully saturated rings. The van der Waals surface area contributed by atoms with Crippen molar-refractivity contribution in [3.8, 4) is 0 Å². The molecule has 4 nitrogen and oxygen atoms in total. The Hall–Kier alpha value is -0.820. The van der Waals surface area contributed by atoms with Gasteiger partial charge in [-0.25, -0.2) is 0 Å². The fraction of sp³-hybridized carbons (Fsp3) is 0.923. The van der Waals surface area contributed by atoms with E-state index in [4.69, 9.17) is 4.74 Å². The zero-order chi connectivity index (χ0) is 15.4. The summed E-state index contributed by atoms with van der Waals surface area (Å²) in [7, 11) is 0. The van der Waals surface area contributed by atoms with Crippen LogP contribution in [0.15, 0.2) is 0 Å². The lowest BCUT2D eigenvalue weighted by atomic mass is 9.84. The van der Waals surface area contributed by atoms with Gasteiger partial charge >= 0.3 is 6.18 Å². The topological polar surface area (TPSA) is 50.4 Å². The molecule has 20 heavy (non-hydrogen) atoms. The third-order valence-electron chi connectivity index (χ3n) is 3.76. The van der Waals surface area contributed by atoms with Crippen LogP contribution in [0.2, 0.25) is 0 Å². The maximum absolute atomic E-state index is 13.2. The second-order valence-electron chi connectivity index (χ2n) is 5.49. The van der Waals surface area contributed by atoms with Gasteiger partial charge in [-0.2, -0.15) is 13.2 Å². The van der Waals surface area contributed by atoms with Crippen LogP contribution in [0.25, 0.3) is 0 Å². The summed E-state index contributed by atoms with van der Waals surface area (Å²) in [5, 5.41) is 5.15. The second kappa shape index (κ2) is 6.76. The molecule has 1 amide bonds. The smallest absolute Gasteiger partial charge is 0.380 e. The average molecular weight is 296 g/mol. The number of ether oxygens (including phenoxy) is 1. The molecule has 0 bridgehead atoms. The van der Waals surface area contributed by atoms with E-state index >= 15 is 0 Å². The lowest BCUT2D eigenvalue weighted by molar-refractivity contribution is -0.216. The van der Waals surface area contributed by atoms with E-state index in [1.807, 2.05) is 13.8 Å². The minimum Gasteiger partial charge on any atom is -0.380 e. The summed E-state index contributed by atoms with van der Waals surface area (Å²) in [4.78, 5) is 12.2. The van der Waals surface area contributed by atoms with E-state index in [9.17, 15) is 18.0 Å². The van der Waals surface area contributed by atoms with E-state index in [2.05, 4.69) is 10.6 Å². The van der Waals surface area contributed by atoms with Gasteiger partial charge < -0.3 is 15.4 Å². The van der Waals surface area contributed by atoms with Crippen LogP contribution in [0.4, 0.5) is 13.2 Å². The Labute approximate surface area is 117 Å². The highest BCUT2D eigenvalue weighted by atomic mass is 19.4. The first-order chi connectivity index (χ1) is 9.24. The molecule has 2 atom stereocenters. The highest BCUT2D eigenvalue weighted by Gasteiger charge is 2.61. The van der Waals surface area contributed by atoms with Gasteiger partial charge in [0.25, 0.3) is 0 Å². The summed E-state index contributed by atoms with van der Waals surface area (Å²) in [5.74, 6) is -0.946. The third kappa shape index (κ3) is 3.63. The number of rotatable bonds is 6. The minimum absolute atomic E-state index is 0.00476. The molecule has 1 saturated heterocycles. The van der Waals surface area contributed by atoms with Crippen molar-refractivity contribution in [2.75, 3.05) is 26.3 Å². The van der Waals surface area contributed by atoms with Crippen molar-refractivity contribution >= 4 is 5.91 Å². The molecule has 0 spiro atoms. The first-order valence-corrected chi connectivity index (χ1v) is 6.90. The number of carbonyl (C=O) groups is 1. The van der Waals surface area contributed by atoms with Gasteiger partial charge in [0.1, 0.15) is 0 Å². The van der Waals surface area contributed by atoms with Gasteiger partial charge in [0.2, 0.25) is 5.91 Å². The molecule has 2 unspecified atom stereocenters. The molecular formula is C13H23F3N2O2. The predicted molar refractivity (Wildman–Crippen MR) is 69.2 cm³/mol. The summed E-state index contributed by atoms with van der Waals surface area (Å²) in [6.07, 6.45) is -4.77. The molecule has 0 aromatic rings. The molecule has 118 valence electrons. The number of nitrogens with one attached hydrogen (secondary N) is 2. The Morgan fingerprint density at radius 2 is 2.10 bits per heavy atom. The van der Waals surface area contributed by atoms with Gasteiger partial charge in [0, 0.05) is 13.2 Å². The van der Waals surface area contributed by atoms with Crippen molar-refractivity contribution in [1.29, 1.82) is 0 Å². The number of hydrogen-bond acceptors (Lipinski definition) is 3. The molecule has 0 aliphatic carbocycles. The number of alkyl halides is 3. The molecular weight excluding hydrogens is 273 g/mol. The molecule has 0 saturated carbocycles. The summed E-state index contributed by atoms with van der Waals surface area (Å²) >= 11 is 0. The van der Waals surface area contributed by atoms with E-state index in [0.717, 1.165) is 0 Å². The average Bonchev–Trinajstić information content (AvgIpc) is 2.83. The largest absolute Gasteiger partial charge is 0.404 e. The van der Waals surface area contributed by atoms with Crippen LogP contribution in [0.3, 0.4) is 0 Å². The van der Waals surface area contributed by atoms with Gasteiger partial charge in [0.05, 0.1) is 12.6 Å². The maximum Gasteiger partial charge on any atom is 0.404 e. The van der Waals surface area contributed by atoms with Crippen LogP contribution in [0.1, 0.15) is 27.2 Å². The van der Waals surface area contributed by atoms with Crippen molar-refractivity contribution in [3.63, 3.8) is 0 Å². The monoisotopic (exact) mass is 296 g/mol. The first kappa shape index (κ1) is 17.2. The summed E-state index contributed by atoms with van der Waals surface area (Å²) in [6.45, 7) is 6.02. The lowest BCUT2D eigenvalue weighted by Gasteiger charge is -2.32. The van der Waals surface area contributed by atoms with Crippen LogP contribution in [0.5, 0.6) is 0 Å². The Morgan fingerprint density at radius 3 is 2.50 bits per heavy atom. The zero-order valence-electron chi connectivity index (χ0n) is 12.1. The Balaban J connectivity index is 2.80. The highest BCUT2D eigenvalue weighted by molar-refractivity contribution is 5.84. The maximum atomic E-state index is 13.2. The van der Waals surface area contributed by atoms with Crippen molar-refractivity contribution in [1.82, 2.24) is 10.6 Å². The lowest BCUT2D eigenvalue weighted by Crippen LogP contribution is -2.56. The molecule has 1 rings (SSSR count). The second-order valence-corrected chi connectivity index (χ2v) is 5.49. The third-order valence-corrected chi connectivity index (χ3v) is 3.76. The molecule has 2 N–H and O–H groups in total. The predicted octanol–water partition coefficient (Wildman–Crippen LogP) is 1.71. The number of amides is 1. The van der Waals surface area contributed by atoms with Crippen LogP contribution >= 0.6 is 0 Å². The van der Waals surface area contributed by atoms with E-state index in [1.165, 1.54) is 0 Å². The van der Waals surface area contributed by atoms with Crippen molar-refractivity contribution in [3.05, 3.63) is 0 Å². The Morgan fingerprint density at radius 1 is 1.45 bits per heavy atom. The highest BCUT2D eigenvalue weighted by Crippen LogP contribution is 2.43. The van der Waals surface area contributed by atoms with Gasteiger partial charge in [-0.3, -0.25) is 4.79 Å². The van der Waals surface area contributed by atoms with Crippen molar-refractivity contribution in [2.45, 2.75) is 39.4 Å². The van der Waals surface area contributed by atoms with Gasteiger partial charge in [-0.05, 0) is 25.8 Å². The van der Waals surface area contributed by atoms with Gasteiger partial charge in [-0.1, -0.05) is 13.8 Å². The standard InChI is InChI=1S/C13H23F3N2O2/c1-4-20-7-10(9(2)3)18-11(19)12(13(14,15)16)5-6-17-8-12/h9-10,17H,4-8H2,1-3H3,(H,18,19). The number of hydrogen-bond donors (Lipinski definition) is 2. The van der Waals surface area contributed by atoms with Crippen LogP contribution < -0.4 is 10.6 Å². The Kier molecular flexibility index (Phi) is 5.82. The SMILES string of the molecule is CCOCC(NC(=O)C1(C(F)(F)F)CCNC1)C(C)C. The van der Waals surface area contributed by atoms with E-state index < -0.39 is 23.5 Å². The van der Waals surface area contributed by atoms with E-state index in [0.29, 0.717) is 6.61 Å². The zero-order valence-corrected chi connectivity index (χ0v) is 12.1.